The molecule has 0 bridgehead atoms. The number of carbonyl (C=O) groups is 4. The number of aliphatic carboxylic acids is 2. The van der Waals surface area contributed by atoms with Gasteiger partial charge in [0.25, 0.3) is 0 Å². The number of hydrogen-bond acceptors (Lipinski definition) is 4. The zero-order valence-corrected chi connectivity index (χ0v) is 9.01. The van der Waals surface area contributed by atoms with Gasteiger partial charge in [-0.1, -0.05) is 0 Å². The first-order valence-electron chi connectivity index (χ1n) is 4.85. The SMILES string of the molecule is NC(=O)CCC(NC(=O)CCC(=O)O)C(=O)O. The van der Waals surface area contributed by atoms with Gasteiger partial charge in [0.05, 0.1) is 6.42 Å². The highest BCUT2D eigenvalue weighted by Crippen LogP contribution is 1.99. The minimum atomic E-state index is -1.30. The van der Waals surface area contributed by atoms with Gasteiger partial charge in [0.1, 0.15) is 6.04 Å². The Morgan fingerprint density at radius 1 is 1.06 bits per heavy atom. The summed E-state index contributed by atoms with van der Waals surface area (Å²) in [5.74, 6) is -3.81. The van der Waals surface area contributed by atoms with Gasteiger partial charge in [0.15, 0.2) is 0 Å². The summed E-state index contributed by atoms with van der Waals surface area (Å²) in [7, 11) is 0. The van der Waals surface area contributed by atoms with Crippen molar-refractivity contribution in [2.24, 2.45) is 5.73 Å². The first kappa shape index (κ1) is 14.9. The van der Waals surface area contributed by atoms with Crippen LogP contribution in [-0.4, -0.2) is 40.0 Å². The number of hydrogen-bond donors (Lipinski definition) is 4. The van der Waals surface area contributed by atoms with Gasteiger partial charge in [-0.15, -0.1) is 0 Å². The Morgan fingerprint density at radius 2 is 1.65 bits per heavy atom. The monoisotopic (exact) mass is 246 g/mol. The maximum absolute atomic E-state index is 11.2. The van der Waals surface area contributed by atoms with E-state index in [1.54, 1.807) is 0 Å². The fourth-order valence-electron chi connectivity index (χ4n) is 1.03. The summed E-state index contributed by atoms with van der Waals surface area (Å²) < 4.78 is 0. The van der Waals surface area contributed by atoms with E-state index in [1.807, 2.05) is 0 Å². The maximum Gasteiger partial charge on any atom is 0.326 e. The summed E-state index contributed by atoms with van der Waals surface area (Å²) in [5, 5.41) is 19.2. The van der Waals surface area contributed by atoms with Gasteiger partial charge in [0, 0.05) is 12.8 Å². The van der Waals surface area contributed by atoms with Crippen LogP contribution in [0.2, 0.25) is 0 Å². The van der Waals surface area contributed by atoms with Crippen LogP contribution < -0.4 is 11.1 Å². The van der Waals surface area contributed by atoms with Crippen molar-refractivity contribution in [2.75, 3.05) is 0 Å². The summed E-state index contributed by atoms with van der Waals surface area (Å²) in [6.07, 6.45) is -0.983. The van der Waals surface area contributed by atoms with Gasteiger partial charge in [-0.25, -0.2) is 4.79 Å². The molecule has 0 aliphatic rings. The number of amides is 2. The molecule has 0 spiro atoms. The number of primary amides is 1. The van der Waals surface area contributed by atoms with Crippen LogP contribution in [0.25, 0.3) is 0 Å². The second-order valence-electron chi connectivity index (χ2n) is 3.36. The van der Waals surface area contributed by atoms with E-state index in [-0.39, 0.29) is 25.7 Å². The van der Waals surface area contributed by atoms with Crippen molar-refractivity contribution in [1.29, 1.82) is 0 Å². The number of nitrogens with one attached hydrogen (secondary N) is 1. The second-order valence-corrected chi connectivity index (χ2v) is 3.36. The van der Waals surface area contributed by atoms with Crippen molar-refractivity contribution < 1.29 is 29.4 Å². The van der Waals surface area contributed by atoms with Gasteiger partial charge in [0.2, 0.25) is 11.8 Å². The number of carboxylic acids is 2. The number of carbonyl (C=O) groups excluding carboxylic acids is 2. The van der Waals surface area contributed by atoms with Crippen molar-refractivity contribution in [1.82, 2.24) is 5.32 Å². The average molecular weight is 246 g/mol. The molecule has 0 aromatic heterocycles. The quantitative estimate of drug-likeness (QED) is 0.418. The summed E-state index contributed by atoms with van der Waals surface area (Å²) in [5.41, 5.74) is 4.85. The van der Waals surface area contributed by atoms with E-state index in [0.29, 0.717) is 0 Å². The Hall–Kier alpha value is -2.12. The zero-order valence-electron chi connectivity index (χ0n) is 9.01. The molecule has 96 valence electrons. The fraction of sp³-hybridized carbons (Fsp3) is 0.556. The highest BCUT2D eigenvalue weighted by molar-refractivity contribution is 5.85. The lowest BCUT2D eigenvalue weighted by atomic mass is 10.1. The molecule has 0 aromatic rings. The highest BCUT2D eigenvalue weighted by Gasteiger charge is 2.20. The third-order valence-electron chi connectivity index (χ3n) is 1.88. The van der Waals surface area contributed by atoms with E-state index in [2.05, 4.69) is 5.32 Å². The van der Waals surface area contributed by atoms with Crippen LogP contribution in [-0.2, 0) is 19.2 Å². The Bertz CT molecular complexity index is 327. The minimum Gasteiger partial charge on any atom is -0.481 e. The maximum atomic E-state index is 11.2. The number of nitrogens with two attached hydrogens (primary N) is 1. The molecule has 1 unspecified atom stereocenters. The van der Waals surface area contributed by atoms with E-state index in [9.17, 15) is 19.2 Å². The highest BCUT2D eigenvalue weighted by atomic mass is 16.4. The Balaban J connectivity index is 4.15. The topological polar surface area (TPSA) is 147 Å². The van der Waals surface area contributed by atoms with Crippen molar-refractivity contribution in [3.63, 3.8) is 0 Å². The lowest BCUT2D eigenvalue weighted by molar-refractivity contribution is -0.142. The first-order valence-corrected chi connectivity index (χ1v) is 4.85. The summed E-state index contributed by atoms with van der Waals surface area (Å²) >= 11 is 0. The number of rotatable bonds is 8. The van der Waals surface area contributed by atoms with Gasteiger partial charge < -0.3 is 21.3 Å². The summed E-state index contributed by atoms with van der Waals surface area (Å²) in [4.78, 5) is 42.5. The lowest BCUT2D eigenvalue weighted by Gasteiger charge is -2.13. The largest absolute Gasteiger partial charge is 0.481 e. The van der Waals surface area contributed by atoms with Crippen LogP contribution in [0.4, 0.5) is 0 Å². The van der Waals surface area contributed by atoms with Crippen LogP contribution in [0, 0.1) is 0 Å². The molecule has 8 heteroatoms. The van der Waals surface area contributed by atoms with Gasteiger partial charge in [-0.3, -0.25) is 14.4 Å². The first-order chi connectivity index (χ1) is 7.82. The van der Waals surface area contributed by atoms with Crippen molar-refractivity contribution in [3.8, 4) is 0 Å². The van der Waals surface area contributed by atoms with Crippen LogP contribution in [0.3, 0.4) is 0 Å². The molecule has 0 heterocycles. The van der Waals surface area contributed by atoms with Gasteiger partial charge >= 0.3 is 11.9 Å². The second kappa shape index (κ2) is 7.20. The molecule has 0 saturated heterocycles. The molecule has 8 nitrogen and oxygen atoms in total. The lowest BCUT2D eigenvalue weighted by Crippen LogP contribution is -2.41. The third kappa shape index (κ3) is 7.77. The Labute approximate surface area is 96.8 Å². The molecule has 0 saturated carbocycles. The molecule has 17 heavy (non-hydrogen) atoms. The molecule has 1 atom stereocenters. The molecule has 5 N–H and O–H groups in total. The van der Waals surface area contributed by atoms with Crippen LogP contribution >= 0.6 is 0 Å². The van der Waals surface area contributed by atoms with E-state index in [0.717, 1.165) is 0 Å². The molecule has 0 aliphatic carbocycles. The standard InChI is InChI=1S/C9H14N2O6/c10-6(12)2-1-5(9(16)17)11-7(13)3-4-8(14)15/h5H,1-4H2,(H2,10,12)(H,11,13)(H,14,15)(H,16,17). The van der Waals surface area contributed by atoms with E-state index < -0.39 is 29.8 Å². The zero-order chi connectivity index (χ0) is 13.4. The van der Waals surface area contributed by atoms with E-state index in [1.165, 1.54) is 0 Å². The van der Waals surface area contributed by atoms with Crippen LogP contribution in [0.15, 0.2) is 0 Å². The van der Waals surface area contributed by atoms with E-state index >= 15 is 0 Å². The van der Waals surface area contributed by atoms with E-state index in [4.69, 9.17) is 15.9 Å². The smallest absolute Gasteiger partial charge is 0.326 e. The molecular formula is C9H14N2O6. The molecule has 0 aromatic carbocycles. The minimum absolute atomic E-state index is 0.122. The predicted octanol–water partition coefficient (Wildman–Crippen LogP) is -1.31. The van der Waals surface area contributed by atoms with Crippen molar-refractivity contribution in [3.05, 3.63) is 0 Å². The molecule has 2 amide bonds. The van der Waals surface area contributed by atoms with Crippen LogP contribution in [0.1, 0.15) is 25.7 Å². The van der Waals surface area contributed by atoms with Gasteiger partial charge in [-0.2, -0.15) is 0 Å². The predicted molar refractivity (Wildman–Crippen MR) is 54.9 cm³/mol. The molecule has 0 fully saturated rings. The van der Waals surface area contributed by atoms with Crippen molar-refractivity contribution >= 4 is 23.8 Å². The average Bonchev–Trinajstić information content (AvgIpc) is 2.20. The molecule has 0 aliphatic heterocycles. The summed E-state index contributed by atoms with van der Waals surface area (Å²) in [6, 6.07) is -1.23. The molecule has 0 rings (SSSR count). The summed E-state index contributed by atoms with van der Waals surface area (Å²) in [6.45, 7) is 0. The Morgan fingerprint density at radius 3 is 2.06 bits per heavy atom. The number of carboxylic acid groups (broad SMARTS) is 2. The fourth-order valence-corrected chi connectivity index (χ4v) is 1.03. The third-order valence-corrected chi connectivity index (χ3v) is 1.88. The van der Waals surface area contributed by atoms with Crippen LogP contribution in [0.5, 0.6) is 0 Å². The van der Waals surface area contributed by atoms with Crippen molar-refractivity contribution in [2.45, 2.75) is 31.7 Å². The normalized spacial score (nSPS) is 11.5. The molecule has 0 radical (unpaired) electrons. The van der Waals surface area contributed by atoms with Gasteiger partial charge in [-0.05, 0) is 6.42 Å². The molecular weight excluding hydrogens is 232 g/mol. The Kier molecular flexibility index (Phi) is 6.30.